The van der Waals surface area contributed by atoms with E-state index in [0.717, 1.165) is 38.5 Å². The molecule has 0 aromatic carbocycles. The number of nitrogens with one attached hydrogen (secondary N) is 1. The Morgan fingerprint density at radius 1 is 1.30 bits per heavy atom. The lowest BCUT2D eigenvalue weighted by molar-refractivity contribution is -0.163. The van der Waals surface area contributed by atoms with Crippen molar-refractivity contribution in [3.8, 4) is 6.07 Å². The number of carbonyl (C=O) groups excluding carboxylic acids is 3. The Kier molecular flexibility index (Phi) is 10.0. The summed E-state index contributed by atoms with van der Waals surface area (Å²) in [5, 5.41) is 29.1. The minimum Gasteiger partial charge on any atom is -0.463 e. The molecular formula is C30H42N6O7. The molecule has 13 heteroatoms. The summed E-state index contributed by atoms with van der Waals surface area (Å²) in [6.07, 6.45) is 3.15. The second kappa shape index (κ2) is 13.4. The van der Waals surface area contributed by atoms with Crippen molar-refractivity contribution < 1.29 is 33.7 Å². The standard InChI is InChI=1S/C30H42N6O7/c1-5-6-7-11-22(37)35-27-19-12-13-21(36(19)34-17-33-27)30(16-31)26(39)24(42-28(40)25(32)29(2,3)4)20(43-30)15-41-23(38)14-18-9-8-10-18/h12-13,17-18,20,24-26,39H,5-11,14-15,32H2,1-4H3,(H,33,34,35,37)/t20-,24-,25-,26-,30+/m1/s1. The zero-order valence-electron chi connectivity index (χ0n) is 25.2. The van der Waals surface area contributed by atoms with Gasteiger partial charge >= 0.3 is 11.9 Å². The third kappa shape index (κ3) is 6.98. The topological polar surface area (TPSA) is 191 Å². The first-order chi connectivity index (χ1) is 20.4. The van der Waals surface area contributed by atoms with Crippen LogP contribution in [0.1, 0.15) is 84.8 Å². The van der Waals surface area contributed by atoms with Crippen LogP contribution < -0.4 is 11.1 Å². The fourth-order valence-electron chi connectivity index (χ4n) is 5.21. The van der Waals surface area contributed by atoms with Gasteiger partial charge < -0.3 is 30.4 Å². The van der Waals surface area contributed by atoms with Crippen LogP contribution in [0.15, 0.2) is 18.5 Å². The molecule has 2 aromatic heterocycles. The fraction of sp³-hybridized carbons (Fsp3) is 0.667. The fourth-order valence-corrected chi connectivity index (χ4v) is 5.21. The Bertz CT molecular complexity index is 1360. The quantitative estimate of drug-likeness (QED) is 0.240. The van der Waals surface area contributed by atoms with E-state index in [4.69, 9.17) is 19.9 Å². The maximum absolute atomic E-state index is 13.0. The largest absolute Gasteiger partial charge is 0.463 e. The summed E-state index contributed by atoms with van der Waals surface area (Å²) in [6.45, 7) is 7.00. The van der Waals surface area contributed by atoms with Gasteiger partial charge in [-0.3, -0.25) is 14.4 Å². The number of anilines is 1. The van der Waals surface area contributed by atoms with Gasteiger partial charge in [0.1, 0.15) is 42.8 Å². The number of esters is 2. The number of aromatic nitrogens is 3. The molecule has 234 valence electrons. The van der Waals surface area contributed by atoms with Crippen molar-refractivity contribution >= 4 is 29.2 Å². The van der Waals surface area contributed by atoms with Gasteiger partial charge in [-0.05, 0) is 42.7 Å². The first-order valence-electron chi connectivity index (χ1n) is 14.9. The summed E-state index contributed by atoms with van der Waals surface area (Å²) < 4.78 is 18.6. The molecule has 0 bridgehead atoms. The molecule has 1 saturated heterocycles. The lowest BCUT2D eigenvalue weighted by Crippen LogP contribution is -2.49. The highest BCUT2D eigenvalue weighted by Crippen LogP contribution is 2.42. The van der Waals surface area contributed by atoms with E-state index in [2.05, 4.69) is 15.4 Å². The molecule has 0 unspecified atom stereocenters. The van der Waals surface area contributed by atoms with Crippen molar-refractivity contribution in [1.82, 2.24) is 14.6 Å². The molecule has 4 rings (SSSR count). The molecule has 2 aromatic rings. The molecule has 2 aliphatic rings. The number of ether oxygens (including phenoxy) is 3. The second-order valence-electron chi connectivity index (χ2n) is 12.5. The Morgan fingerprint density at radius 3 is 2.67 bits per heavy atom. The lowest BCUT2D eigenvalue weighted by Gasteiger charge is -2.29. The maximum Gasteiger partial charge on any atom is 0.323 e. The Hall–Kier alpha value is -3.60. The number of nitrogens with two attached hydrogens (primary N) is 1. The van der Waals surface area contributed by atoms with Gasteiger partial charge in [0.05, 0.1) is 5.69 Å². The number of nitriles is 1. The number of fused-ring (bicyclic) bond motifs is 1. The van der Waals surface area contributed by atoms with Crippen LogP contribution in [0.4, 0.5) is 5.82 Å². The van der Waals surface area contributed by atoms with E-state index >= 15 is 0 Å². The van der Waals surface area contributed by atoms with Crippen LogP contribution in [0.25, 0.3) is 5.52 Å². The van der Waals surface area contributed by atoms with E-state index in [0.29, 0.717) is 11.9 Å². The molecular weight excluding hydrogens is 556 g/mol. The van der Waals surface area contributed by atoms with Gasteiger partial charge in [-0.2, -0.15) is 10.4 Å². The monoisotopic (exact) mass is 598 g/mol. The lowest BCUT2D eigenvalue weighted by atomic mass is 9.83. The minimum absolute atomic E-state index is 0.117. The van der Waals surface area contributed by atoms with Gasteiger partial charge in [0.25, 0.3) is 0 Å². The average Bonchev–Trinajstić information content (AvgIpc) is 3.49. The molecule has 1 amide bonds. The van der Waals surface area contributed by atoms with E-state index in [-0.39, 0.29) is 36.4 Å². The van der Waals surface area contributed by atoms with E-state index in [1.165, 1.54) is 16.9 Å². The summed E-state index contributed by atoms with van der Waals surface area (Å²) in [5.41, 5.74) is 3.88. The van der Waals surface area contributed by atoms with Gasteiger partial charge in [0, 0.05) is 12.8 Å². The number of carbonyl (C=O) groups is 3. The Balaban J connectivity index is 1.63. The van der Waals surface area contributed by atoms with Crippen LogP contribution in [0.5, 0.6) is 0 Å². The smallest absolute Gasteiger partial charge is 0.323 e. The zero-order chi connectivity index (χ0) is 31.4. The van der Waals surface area contributed by atoms with Gasteiger partial charge in [-0.15, -0.1) is 0 Å². The zero-order valence-corrected chi connectivity index (χ0v) is 25.2. The summed E-state index contributed by atoms with van der Waals surface area (Å²) in [5.74, 6) is -0.949. The van der Waals surface area contributed by atoms with Crippen LogP contribution in [0.2, 0.25) is 0 Å². The van der Waals surface area contributed by atoms with Crippen LogP contribution in [-0.4, -0.2) is 68.5 Å². The summed E-state index contributed by atoms with van der Waals surface area (Å²) in [4.78, 5) is 42.2. The Labute approximate surface area is 251 Å². The van der Waals surface area contributed by atoms with E-state index in [9.17, 15) is 24.8 Å². The molecule has 0 spiro atoms. The first-order valence-corrected chi connectivity index (χ1v) is 14.9. The predicted octanol–water partition coefficient (Wildman–Crippen LogP) is 2.75. The molecule has 1 aliphatic carbocycles. The first kappa shape index (κ1) is 32.3. The third-order valence-electron chi connectivity index (χ3n) is 8.22. The predicted molar refractivity (Wildman–Crippen MR) is 154 cm³/mol. The normalized spacial score (nSPS) is 24.6. The average molecular weight is 599 g/mol. The molecule has 3 heterocycles. The number of aliphatic hydroxyl groups excluding tert-OH is 1. The molecule has 1 saturated carbocycles. The van der Waals surface area contributed by atoms with Gasteiger partial charge in [-0.25, -0.2) is 9.50 Å². The Morgan fingerprint density at radius 2 is 2.05 bits per heavy atom. The van der Waals surface area contributed by atoms with E-state index < -0.39 is 47.3 Å². The molecule has 13 nitrogen and oxygen atoms in total. The molecule has 2 fully saturated rings. The number of unbranched alkanes of at least 4 members (excludes halogenated alkanes) is 2. The summed E-state index contributed by atoms with van der Waals surface area (Å²) >= 11 is 0. The van der Waals surface area contributed by atoms with Crippen molar-refractivity contribution in [2.24, 2.45) is 17.1 Å². The van der Waals surface area contributed by atoms with Crippen LogP contribution >= 0.6 is 0 Å². The summed E-state index contributed by atoms with van der Waals surface area (Å²) in [6, 6.07) is 4.12. The van der Waals surface area contributed by atoms with Crippen molar-refractivity contribution in [1.29, 1.82) is 5.26 Å². The number of nitrogens with zero attached hydrogens (tertiary/aromatic N) is 4. The highest BCUT2D eigenvalue weighted by atomic mass is 16.6. The number of rotatable bonds is 12. The highest BCUT2D eigenvalue weighted by Gasteiger charge is 2.60. The third-order valence-corrected chi connectivity index (χ3v) is 8.22. The number of amides is 1. The molecule has 1 aliphatic heterocycles. The van der Waals surface area contributed by atoms with Crippen LogP contribution in [-0.2, 0) is 34.2 Å². The number of aliphatic hydroxyl groups is 1. The van der Waals surface area contributed by atoms with Crippen LogP contribution in [0.3, 0.4) is 0 Å². The van der Waals surface area contributed by atoms with Crippen molar-refractivity contribution in [2.75, 3.05) is 11.9 Å². The van der Waals surface area contributed by atoms with Crippen molar-refractivity contribution in [2.45, 2.75) is 109 Å². The molecule has 4 N–H and O–H groups in total. The van der Waals surface area contributed by atoms with Gasteiger partial charge in [0.2, 0.25) is 11.5 Å². The molecule has 5 atom stereocenters. The number of hydrogen-bond donors (Lipinski definition) is 3. The summed E-state index contributed by atoms with van der Waals surface area (Å²) in [7, 11) is 0. The second-order valence-corrected chi connectivity index (χ2v) is 12.5. The van der Waals surface area contributed by atoms with Crippen LogP contribution in [0, 0.1) is 22.7 Å². The van der Waals surface area contributed by atoms with E-state index in [1.807, 2.05) is 13.0 Å². The van der Waals surface area contributed by atoms with Crippen molar-refractivity contribution in [3.05, 3.63) is 24.2 Å². The van der Waals surface area contributed by atoms with E-state index in [1.54, 1.807) is 26.8 Å². The van der Waals surface area contributed by atoms with Gasteiger partial charge in [0.15, 0.2) is 11.9 Å². The van der Waals surface area contributed by atoms with Gasteiger partial charge in [-0.1, -0.05) is 47.0 Å². The minimum atomic E-state index is -2.08. The highest BCUT2D eigenvalue weighted by molar-refractivity contribution is 5.93. The van der Waals surface area contributed by atoms with Crippen molar-refractivity contribution in [3.63, 3.8) is 0 Å². The molecule has 43 heavy (non-hydrogen) atoms. The number of hydrogen-bond acceptors (Lipinski definition) is 11. The molecule has 0 radical (unpaired) electrons. The maximum atomic E-state index is 13.0. The SMILES string of the molecule is CCCCCC(=O)Nc1ncnn2c([C@]3(C#N)O[C@H](COC(=O)CC4CCC4)[C@@H](OC(=O)[C@@H](N)C(C)(C)C)[C@H]3O)ccc12.